The number of hydrogen-bond acceptors (Lipinski definition) is 3. The summed E-state index contributed by atoms with van der Waals surface area (Å²) in [7, 11) is 1.30. The molecule has 3 unspecified atom stereocenters. The molecule has 1 saturated carbocycles. The predicted molar refractivity (Wildman–Crippen MR) is 45.0 cm³/mol. The van der Waals surface area contributed by atoms with Gasteiger partial charge in [0.1, 0.15) is 0 Å². The van der Waals surface area contributed by atoms with E-state index in [9.17, 15) is 9.59 Å². The fourth-order valence-electron chi connectivity index (χ4n) is 1.98. The summed E-state index contributed by atoms with van der Waals surface area (Å²) >= 11 is 0. The molecule has 1 fully saturated rings. The number of ether oxygens (including phenoxy) is 1. The zero-order chi connectivity index (χ0) is 10.0. The lowest BCUT2D eigenvalue weighted by Crippen LogP contribution is -2.26. The van der Waals surface area contributed by atoms with E-state index in [4.69, 9.17) is 5.11 Å². The van der Waals surface area contributed by atoms with Crippen LogP contribution in [0.4, 0.5) is 0 Å². The Hall–Kier alpha value is -1.06. The molecule has 4 nitrogen and oxygen atoms in total. The van der Waals surface area contributed by atoms with Crippen LogP contribution >= 0.6 is 0 Å². The van der Waals surface area contributed by atoms with E-state index in [1.54, 1.807) is 0 Å². The van der Waals surface area contributed by atoms with Crippen LogP contribution in [-0.4, -0.2) is 24.2 Å². The van der Waals surface area contributed by atoms with Gasteiger partial charge < -0.3 is 9.84 Å². The third-order valence-electron chi connectivity index (χ3n) is 2.62. The van der Waals surface area contributed by atoms with Crippen molar-refractivity contribution in [3.8, 4) is 0 Å². The predicted octanol–water partition coefficient (Wildman–Crippen LogP) is 0.906. The van der Waals surface area contributed by atoms with Crippen LogP contribution in [0, 0.1) is 17.8 Å². The van der Waals surface area contributed by atoms with E-state index in [0.717, 1.165) is 0 Å². The standard InChI is InChI=1S/C9H14O4/c1-5-3-6(8(10)11)7(4-5)9(12)13-2/h5-7H,3-4H2,1-2H3,(H,10,11). The van der Waals surface area contributed by atoms with Gasteiger partial charge in [-0.2, -0.15) is 0 Å². The largest absolute Gasteiger partial charge is 0.481 e. The number of esters is 1. The summed E-state index contributed by atoms with van der Waals surface area (Å²) in [6, 6.07) is 0. The number of carboxylic acids is 1. The van der Waals surface area contributed by atoms with Crippen molar-refractivity contribution in [2.24, 2.45) is 17.8 Å². The summed E-state index contributed by atoms with van der Waals surface area (Å²) in [5.74, 6) is -1.98. The second-order valence-electron chi connectivity index (χ2n) is 3.65. The highest BCUT2D eigenvalue weighted by Gasteiger charge is 2.41. The number of carboxylic acid groups (broad SMARTS) is 1. The van der Waals surface area contributed by atoms with Crippen molar-refractivity contribution in [2.45, 2.75) is 19.8 Å². The molecule has 0 heterocycles. The molecular formula is C9H14O4. The molecule has 0 aromatic carbocycles. The van der Waals surface area contributed by atoms with E-state index in [-0.39, 0.29) is 0 Å². The molecular weight excluding hydrogens is 172 g/mol. The van der Waals surface area contributed by atoms with Gasteiger partial charge >= 0.3 is 11.9 Å². The molecule has 0 aromatic rings. The maximum Gasteiger partial charge on any atom is 0.309 e. The van der Waals surface area contributed by atoms with Crippen molar-refractivity contribution in [1.82, 2.24) is 0 Å². The van der Waals surface area contributed by atoms with Crippen LogP contribution in [0.15, 0.2) is 0 Å². The Bertz CT molecular complexity index is 224. The van der Waals surface area contributed by atoms with Gasteiger partial charge in [-0.15, -0.1) is 0 Å². The van der Waals surface area contributed by atoms with Crippen molar-refractivity contribution >= 4 is 11.9 Å². The van der Waals surface area contributed by atoms with Crippen LogP contribution in [0.1, 0.15) is 19.8 Å². The second-order valence-corrected chi connectivity index (χ2v) is 3.65. The van der Waals surface area contributed by atoms with Crippen molar-refractivity contribution < 1.29 is 19.4 Å². The highest BCUT2D eigenvalue weighted by atomic mass is 16.5. The van der Waals surface area contributed by atoms with Gasteiger partial charge in [0.25, 0.3) is 0 Å². The molecule has 0 spiro atoms. The molecule has 74 valence electrons. The third-order valence-corrected chi connectivity index (χ3v) is 2.62. The lowest BCUT2D eigenvalue weighted by molar-refractivity contribution is -0.154. The summed E-state index contributed by atoms with van der Waals surface area (Å²) in [5.41, 5.74) is 0. The molecule has 0 aromatic heterocycles. The highest BCUT2D eigenvalue weighted by Crippen LogP contribution is 2.36. The zero-order valence-corrected chi connectivity index (χ0v) is 7.82. The first kappa shape index (κ1) is 10.0. The quantitative estimate of drug-likeness (QED) is 0.651. The minimum atomic E-state index is -0.889. The molecule has 4 heteroatoms. The maximum absolute atomic E-state index is 11.2. The highest BCUT2D eigenvalue weighted by molar-refractivity contribution is 5.81. The molecule has 0 saturated heterocycles. The van der Waals surface area contributed by atoms with Crippen molar-refractivity contribution in [1.29, 1.82) is 0 Å². The number of hydrogen-bond donors (Lipinski definition) is 1. The molecule has 0 radical (unpaired) electrons. The molecule has 0 aliphatic heterocycles. The van der Waals surface area contributed by atoms with Gasteiger partial charge in [0.05, 0.1) is 18.9 Å². The van der Waals surface area contributed by atoms with Crippen molar-refractivity contribution in [3.05, 3.63) is 0 Å². The number of carbonyl (C=O) groups excluding carboxylic acids is 1. The number of carbonyl (C=O) groups is 2. The van der Waals surface area contributed by atoms with E-state index in [1.807, 2.05) is 6.92 Å². The molecule has 1 rings (SSSR count). The number of methoxy groups -OCH3 is 1. The Morgan fingerprint density at radius 1 is 1.31 bits per heavy atom. The minimum Gasteiger partial charge on any atom is -0.481 e. The summed E-state index contributed by atoms with van der Waals surface area (Å²) in [6.07, 6.45) is 1.21. The van der Waals surface area contributed by atoms with Crippen LogP contribution in [0.25, 0.3) is 0 Å². The lowest BCUT2D eigenvalue weighted by Gasteiger charge is -2.11. The first-order valence-corrected chi connectivity index (χ1v) is 4.37. The van der Waals surface area contributed by atoms with Crippen LogP contribution in [0.3, 0.4) is 0 Å². The van der Waals surface area contributed by atoms with Gasteiger partial charge in [0.15, 0.2) is 0 Å². The first-order chi connectivity index (χ1) is 6.06. The second kappa shape index (κ2) is 3.77. The van der Waals surface area contributed by atoms with Crippen LogP contribution < -0.4 is 0 Å². The average Bonchev–Trinajstić information content (AvgIpc) is 2.46. The molecule has 3 atom stereocenters. The number of aliphatic carboxylic acids is 1. The Balaban J connectivity index is 2.71. The molecule has 1 aliphatic carbocycles. The Morgan fingerprint density at radius 2 is 1.85 bits per heavy atom. The SMILES string of the molecule is COC(=O)C1CC(C)CC1C(=O)O. The smallest absolute Gasteiger partial charge is 0.309 e. The van der Waals surface area contributed by atoms with Gasteiger partial charge in [0.2, 0.25) is 0 Å². The Kier molecular flexibility index (Phi) is 2.90. The van der Waals surface area contributed by atoms with E-state index in [2.05, 4.69) is 4.74 Å². The van der Waals surface area contributed by atoms with Gasteiger partial charge in [-0.1, -0.05) is 6.92 Å². The summed E-state index contributed by atoms with van der Waals surface area (Å²) in [6.45, 7) is 1.96. The van der Waals surface area contributed by atoms with Gasteiger partial charge in [-0.3, -0.25) is 9.59 Å². The Morgan fingerprint density at radius 3 is 2.31 bits per heavy atom. The third kappa shape index (κ3) is 1.99. The summed E-state index contributed by atoms with van der Waals surface area (Å²) in [4.78, 5) is 22.0. The van der Waals surface area contributed by atoms with Crippen LogP contribution in [0.5, 0.6) is 0 Å². The fraction of sp³-hybridized carbons (Fsp3) is 0.778. The first-order valence-electron chi connectivity index (χ1n) is 4.37. The van der Waals surface area contributed by atoms with Crippen LogP contribution in [-0.2, 0) is 14.3 Å². The fourth-order valence-corrected chi connectivity index (χ4v) is 1.98. The van der Waals surface area contributed by atoms with E-state index >= 15 is 0 Å². The summed E-state index contributed by atoms with van der Waals surface area (Å²) in [5, 5.41) is 8.84. The minimum absolute atomic E-state index is 0.296. The van der Waals surface area contributed by atoms with Crippen molar-refractivity contribution in [3.63, 3.8) is 0 Å². The van der Waals surface area contributed by atoms with Gasteiger partial charge in [-0.25, -0.2) is 0 Å². The number of rotatable bonds is 2. The van der Waals surface area contributed by atoms with Gasteiger partial charge in [-0.05, 0) is 18.8 Å². The topological polar surface area (TPSA) is 63.6 Å². The van der Waals surface area contributed by atoms with Crippen molar-refractivity contribution in [2.75, 3.05) is 7.11 Å². The van der Waals surface area contributed by atoms with Gasteiger partial charge in [0, 0.05) is 0 Å². The molecule has 13 heavy (non-hydrogen) atoms. The maximum atomic E-state index is 11.2. The zero-order valence-electron chi connectivity index (χ0n) is 7.82. The molecule has 0 amide bonds. The lowest BCUT2D eigenvalue weighted by atomic mass is 9.97. The average molecular weight is 186 g/mol. The molecule has 1 aliphatic rings. The van der Waals surface area contributed by atoms with E-state index in [0.29, 0.717) is 18.8 Å². The normalized spacial score (nSPS) is 32.9. The van der Waals surface area contributed by atoms with E-state index < -0.39 is 23.8 Å². The summed E-state index contributed by atoms with van der Waals surface area (Å²) < 4.78 is 4.56. The van der Waals surface area contributed by atoms with E-state index in [1.165, 1.54) is 7.11 Å². The molecule has 0 bridgehead atoms. The van der Waals surface area contributed by atoms with Crippen LogP contribution in [0.2, 0.25) is 0 Å². The monoisotopic (exact) mass is 186 g/mol. The Labute approximate surface area is 76.9 Å². The molecule has 1 N–H and O–H groups in total.